The van der Waals surface area contributed by atoms with Crippen LogP contribution in [0.2, 0.25) is 0 Å². The van der Waals surface area contributed by atoms with Crippen molar-refractivity contribution in [3.8, 4) is 0 Å². The van der Waals surface area contributed by atoms with E-state index in [0.717, 1.165) is 16.9 Å². The zero-order valence-corrected chi connectivity index (χ0v) is 18.8. The first-order valence-corrected chi connectivity index (χ1v) is 10.6. The summed E-state index contributed by atoms with van der Waals surface area (Å²) in [5.41, 5.74) is 3.68. The minimum Gasteiger partial charge on any atom is -0.337 e. The fourth-order valence-electron chi connectivity index (χ4n) is 3.18. The maximum atomic E-state index is 12.6. The van der Waals surface area contributed by atoms with Crippen molar-refractivity contribution in [1.82, 2.24) is 4.90 Å². The topological polar surface area (TPSA) is 83.0 Å². The Morgan fingerprint density at radius 2 is 1.39 bits per heavy atom. The molecule has 0 bridgehead atoms. The molecule has 166 valence electrons. The highest BCUT2D eigenvalue weighted by Gasteiger charge is 2.19. The second-order valence-corrected chi connectivity index (χ2v) is 7.68. The van der Waals surface area contributed by atoms with Gasteiger partial charge in [0.1, 0.15) is 0 Å². The van der Waals surface area contributed by atoms with Gasteiger partial charge >= 0.3 is 0 Å². The number of nitrogens with one attached hydrogen (secondary N) is 3. The Balaban J connectivity index is 1.84. The zero-order valence-electron chi connectivity index (χ0n) is 18.8. The average Bonchev–Trinajstić information content (AvgIpc) is 2.74. The SMILES string of the molecule is CCc1ccc(CN(C)C(=O)C[NH+](CC)CC(=O)Nc2ccc(NC(C)=O)cc2)cc1. The summed E-state index contributed by atoms with van der Waals surface area (Å²) in [5.74, 6) is -0.301. The summed E-state index contributed by atoms with van der Waals surface area (Å²) < 4.78 is 0. The number of amides is 3. The van der Waals surface area contributed by atoms with Crippen LogP contribution in [-0.4, -0.2) is 49.3 Å². The monoisotopic (exact) mass is 425 g/mol. The quantitative estimate of drug-likeness (QED) is 0.542. The number of rotatable bonds is 10. The second kappa shape index (κ2) is 11.9. The molecular weight excluding hydrogens is 392 g/mol. The van der Waals surface area contributed by atoms with Gasteiger partial charge in [-0.2, -0.15) is 0 Å². The highest BCUT2D eigenvalue weighted by atomic mass is 16.2. The van der Waals surface area contributed by atoms with Gasteiger partial charge in [0.05, 0.1) is 6.54 Å². The summed E-state index contributed by atoms with van der Waals surface area (Å²) in [5, 5.41) is 5.53. The van der Waals surface area contributed by atoms with E-state index in [-0.39, 0.29) is 30.8 Å². The molecule has 7 heteroatoms. The number of nitrogens with zero attached hydrogens (tertiary/aromatic N) is 1. The van der Waals surface area contributed by atoms with E-state index in [4.69, 9.17) is 0 Å². The Morgan fingerprint density at radius 1 is 0.839 bits per heavy atom. The van der Waals surface area contributed by atoms with Crippen molar-refractivity contribution in [3.63, 3.8) is 0 Å². The van der Waals surface area contributed by atoms with Crippen LogP contribution in [0.3, 0.4) is 0 Å². The Morgan fingerprint density at radius 3 is 1.90 bits per heavy atom. The number of likely N-dealkylation sites (N-methyl/N-ethyl adjacent to an activating group) is 2. The largest absolute Gasteiger partial charge is 0.337 e. The van der Waals surface area contributed by atoms with Gasteiger partial charge in [0.2, 0.25) is 5.91 Å². The second-order valence-electron chi connectivity index (χ2n) is 7.68. The third-order valence-corrected chi connectivity index (χ3v) is 5.08. The predicted octanol–water partition coefficient (Wildman–Crippen LogP) is 1.71. The van der Waals surface area contributed by atoms with Gasteiger partial charge in [-0.15, -0.1) is 0 Å². The lowest BCUT2D eigenvalue weighted by molar-refractivity contribution is -0.882. The summed E-state index contributed by atoms with van der Waals surface area (Å²) >= 11 is 0. The highest BCUT2D eigenvalue weighted by Crippen LogP contribution is 2.13. The number of hydrogen-bond donors (Lipinski definition) is 3. The minimum atomic E-state index is -0.158. The number of carbonyl (C=O) groups excluding carboxylic acids is 3. The van der Waals surface area contributed by atoms with Gasteiger partial charge in [-0.1, -0.05) is 31.2 Å². The molecule has 3 N–H and O–H groups in total. The number of hydrogen-bond acceptors (Lipinski definition) is 3. The van der Waals surface area contributed by atoms with Crippen LogP contribution in [0.5, 0.6) is 0 Å². The summed E-state index contributed by atoms with van der Waals surface area (Å²) in [6, 6.07) is 15.2. The van der Waals surface area contributed by atoms with Gasteiger partial charge in [0.15, 0.2) is 13.1 Å². The number of aryl methyl sites for hydroxylation is 1. The summed E-state index contributed by atoms with van der Waals surface area (Å²) in [7, 11) is 1.79. The van der Waals surface area contributed by atoms with Crippen LogP contribution >= 0.6 is 0 Å². The standard InChI is InChI=1S/C24H32N4O3/c1-5-19-7-9-20(10-8-19)15-27(4)24(31)17-28(6-2)16-23(30)26-22-13-11-21(12-14-22)25-18(3)29/h7-14H,5-6,15-17H2,1-4H3,(H,25,29)(H,26,30)/p+1. The molecule has 0 spiro atoms. The lowest BCUT2D eigenvalue weighted by Crippen LogP contribution is -3.13. The average molecular weight is 426 g/mol. The molecular formula is C24H33N4O3+. The molecule has 0 saturated heterocycles. The molecule has 0 fully saturated rings. The van der Waals surface area contributed by atoms with Crippen molar-refractivity contribution in [1.29, 1.82) is 0 Å². The van der Waals surface area contributed by atoms with Crippen LogP contribution in [0.4, 0.5) is 11.4 Å². The summed E-state index contributed by atoms with van der Waals surface area (Å²) in [6.07, 6.45) is 0.991. The predicted molar refractivity (Wildman–Crippen MR) is 123 cm³/mol. The molecule has 1 atom stereocenters. The smallest absolute Gasteiger partial charge is 0.279 e. The Hall–Kier alpha value is -3.19. The van der Waals surface area contributed by atoms with Crippen LogP contribution in [0.25, 0.3) is 0 Å². The fraction of sp³-hybridized carbons (Fsp3) is 0.375. The first-order chi connectivity index (χ1) is 14.8. The maximum absolute atomic E-state index is 12.6. The van der Waals surface area contributed by atoms with Crippen molar-refractivity contribution in [3.05, 3.63) is 59.7 Å². The van der Waals surface area contributed by atoms with Gasteiger partial charge in [-0.25, -0.2) is 0 Å². The maximum Gasteiger partial charge on any atom is 0.279 e. The molecule has 2 rings (SSSR count). The van der Waals surface area contributed by atoms with Crippen molar-refractivity contribution >= 4 is 29.1 Å². The molecule has 2 aromatic rings. The molecule has 0 aromatic heterocycles. The summed E-state index contributed by atoms with van der Waals surface area (Å²) in [6.45, 7) is 7.19. The fourth-order valence-corrected chi connectivity index (χ4v) is 3.18. The molecule has 31 heavy (non-hydrogen) atoms. The number of carbonyl (C=O) groups is 3. The van der Waals surface area contributed by atoms with Crippen LogP contribution in [0.15, 0.2) is 48.5 Å². The first kappa shape index (κ1) is 24.1. The van der Waals surface area contributed by atoms with E-state index in [1.54, 1.807) is 36.2 Å². The van der Waals surface area contributed by atoms with E-state index >= 15 is 0 Å². The number of benzene rings is 2. The molecule has 0 saturated carbocycles. The van der Waals surface area contributed by atoms with E-state index < -0.39 is 0 Å². The van der Waals surface area contributed by atoms with E-state index in [2.05, 4.69) is 41.8 Å². The third-order valence-electron chi connectivity index (χ3n) is 5.08. The molecule has 0 aliphatic carbocycles. The first-order valence-electron chi connectivity index (χ1n) is 10.6. The van der Waals surface area contributed by atoms with Gasteiger partial charge in [0.25, 0.3) is 11.8 Å². The van der Waals surface area contributed by atoms with E-state index in [9.17, 15) is 14.4 Å². The minimum absolute atomic E-state index is 0.00359. The van der Waals surface area contributed by atoms with Gasteiger partial charge in [-0.3, -0.25) is 14.4 Å². The van der Waals surface area contributed by atoms with E-state index in [0.29, 0.717) is 24.5 Å². The van der Waals surface area contributed by atoms with Crippen LogP contribution < -0.4 is 15.5 Å². The Kier molecular flexibility index (Phi) is 9.21. The van der Waals surface area contributed by atoms with E-state index in [1.165, 1.54) is 12.5 Å². The van der Waals surface area contributed by atoms with Crippen LogP contribution in [-0.2, 0) is 27.3 Å². The van der Waals surface area contributed by atoms with Crippen molar-refractivity contribution in [2.24, 2.45) is 0 Å². The highest BCUT2D eigenvalue weighted by molar-refractivity contribution is 5.92. The number of anilines is 2. The van der Waals surface area contributed by atoms with Crippen LogP contribution in [0.1, 0.15) is 31.9 Å². The molecule has 3 amide bonds. The Bertz CT molecular complexity index is 879. The molecule has 0 heterocycles. The molecule has 1 unspecified atom stereocenters. The van der Waals surface area contributed by atoms with Gasteiger partial charge in [-0.05, 0) is 48.7 Å². The lowest BCUT2D eigenvalue weighted by atomic mass is 10.1. The lowest BCUT2D eigenvalue weighted by Gasteiger charge is -2.22. The molecule has 0 aliphatic heterocycles. The summed E-state index contributed by atoms with van der Waals surface area (Å²) in [4.78, 5) is 38.7. The normalized spacial score (nSPS) is 11.5. The van der Waals surface area contributed by atoms with Crippen molar-refractivity contribution < 1.29 is 19.3 Å². The molecule has 0 aliphatic rings. The van der Waals surface area contributed by atoms with Gasteiger partial charge in [0, 0.05) is 31.9 Å². The number of quaternary nitrogens is 1. The van der Waals surface area contributed by atoms with Gasteiger partial charge < -0.3 is 20.4 Å². The van der Waals surface area contributed by atoms with Crippen LogP contribution in [0, 0.1) is 0 Å². The molecule has 7 nitrogen and oxygen atoms in total. The molecule has 2 aromatic carbocycles. The third kappa shape index (κ3) is 8.22. The van der Waals surface area contributed by atoms with Crippen molar-refractivity contribution in [2.75, 3.05) is 37.3 Å². The molecule has 0 radical (unpaired) electrons. The van der Waals surface area contributed by atoms with E-state index in [1.807, 2.05) is 6.92 Å². The Labute approximate surface area is 184 Å². The zero-order chi connectivity index (χ0) is 22.8. The van der Waals surface area contributed by atoms with Crippen molar-refractivity contribution in [2.45, 2.75) is 33.7 Å².